The van der Waals surface area contributed by atoms with Crippen molar-refractivity contribution in [3.63, 3.8) is 0 Å². The summed E-state index contributed by atoms with van der Waals surface area (Å²) in [4.78, 5) is 49.1. The van der Waals surface area contributed by atoms with Crippen LogP contribution in [0.3, 0.4) is 0 Å². The summed E-state index contributed by atoms with van der Waals surface area (Å²) in [6.07, 6.45) is 0.750. The Morgan fingerprint density at radius 2 is 1.92 bits per heavy atom. The largest absolute Gasteiger partial charge is 0.454 e. The quantitative estimate of drug-likeness (QED) is 0.555. The van der Waals surface area contributed by atoms with E-state index in [0.29, 0.717) is 5.56 Å². The molecule has 1 aromatic rings. The molecule has 1 fully saturated rings. The van der Waals surface area contributed by atoms with Crippen LogP contribution in [0.25, 0.3) is 0 Å². The standard InChI is InChI=1S/C18H23N3O5/c1-4-12(2)19-14(22)11-26-15(23)10-21-16(24)18(3,20-17(21)25)13-8-6-5-7-9-13/h5-9,12H,4,10-11H2,1-3H3,(H,19,22)(H,20,25)/t12-,18+/m0/s1. The summed E-state index contributed by atoms with van der Waals surface area (Å²) in [5.41, 5.74) is -0.630. The minimum atomic E-state index is -1.24. The zero-order valence-corrected chi connectivity index (χ0v) is 15.1. The molecular weight excluding hydrogens is 338 g/mol. The molecule has 26 heavy (non-hydrogen) atoms. The average Bonchev–Trinajstić information content (AvgIpc) is 2.84. The van der Waals surface area contributed by atoms with Gasteiger partial charge in [-0.1, -0.05) is 37.3 Å². The van der Waals surface area contributed by atoms with Gasteiger partial charge in [0.25, 0.3) is 11.8 Å². The Balaban J connectivity index is 1.95. The van der Waals surface area contributed by atoms with E-state index < -0.39 is 42.5 Å². The minimum Gasteiger partial charge on any atom is -0.454 e. The maximum Gasteiger partial charge on any atom is 0.326 e. The SMILES string of the molecule is CC[C@H](C)NC(=O)COC(=O)CN1C(=O)N[C@](C)(c2ccccc2)C1=O. The van der Waals surface area contributed by atoms with E-state index in [0.717, 1.165) is 11.3 Å². The summed E-state index contributed by atoms with van der Waals surface area (Å²) in [7, 11) is 0. The molecule has 0 spiro atoms. The smallest absolute Gasteiger partial charge is 0.326 e. The molecule has 0 aromatic heterocycles. The van der Waals surface area contributed by atoms with Crippen molar-refractivity contribution < 1.29 is 23.9 Å². The van der Waals surface area contributed by atoms with Crippen molar-refractivity contribution in [1.82, 2.24) is 15.5 Å². The highest BCUT2D eigenvalue weighted by atomic mass is 16.5. The van der Waals surface area contributed by atoms with Gasteiger partial charge in [0.05, 0.1) is 0 Å². The molecule has 2 N–H and O–H groups in total. The summed E-state index contributed by atoms with van der Waals surface area (Å²) in [5, 5.41) is 5.26. The number of nitrogens with one attached hydrogen (secondary N) is 2. The lowest BCUT2D eigenvalue weighted by molar-refractivity contribution is -0.151. The Labute approximate surface area is 151 Å². The molecule has 2 rings (SSSR count). The normalized spacial score (nSPS) is 20.5. The van der Waals surface area contributed by atoms with Gasteiger partial charge < -0.3 is 15.4 Å². The molecule has 1 heterocycles. The Morgan fingerprint density at radius 1 is 1.27 bits per heavy atom. The van der Waals surface area contributed by atoms with Gasteiger partial charge in [0.2, 0.25) is 0 Å². The van der Waals surface area contributed by atoms with Crippen molar-refractivity contribution in [1.29, 1.82) is 0 Å². The third-order valence-corrected chi connectivity index (χ3v) is 4.30. The first-order valence-corrected chi connectivity index (χ1v) is 8.42. The lowest BCUT2D eigenvalue weighted by atomic mass is 9.92. The van der Waals surface area contributed by atoms with Gasteiger partial charge in [-0.25, -0.2) is 4.79 Å². The van der Waals surface area contributed by atoms with Crippen LogP contribution < -0.4 is 10.6 Å². The summed E-state index contributed by atoms with van der Waals surface area (Å²) in [5.74, 6) is -1.81. The number of rotatable bonds is 7. The van der Waals surface area contributed by atoms with Crippen LogP contribution in [0.1, 0.15) is 32.8 Å². The summed E-state index contributed by atoms with van der Waals surface area (Å²) < 4.78 is 4.86. The van der Waals surface area contributed by atoms with E-state index >= 15 is 0 Å². The van der Waals surface area contributed by atoms with Crippen molar-refractivity contribution in [2.75, 3.05) is 13.2 Å². The first-order chi connectivity index (χ1) is 12.3. The van der Waals surface area contributed by atoms with Crippen LogP contribution in [0.5, 0.6) is 0 Å². The van der Waals surface area contributed by atoms with Crippen LogP contribution in [-0.2, 0) is 24.7 Å². The van der Waals surface area contributed by atoms with Crippen molar-refractivity contribution in [2.45, 2.75) is 38.8 Å². The molecule has 1 saturated heterocycles. The lowest BCUT2D eigenvalue weighted by Gasteiger charge is -2.21. The molecular formula is C18H23N3O5. The van der Waals surface area contributed by atoms with Gasteiger partial charge in [0, 0.05) is 6.04 Å². The molecule has 1 aliphatic heterocycles. The topological polar surface area (TPSA) is 105 Å². The first-order valence-electron chi connectivity index (χ1n) is 8.42. The monoisotopic (exact) mass is 361 g/mol. The molecule has 0 saturated carbocycles. The average molecular weight is 361 g/mol. The number of urea groups is 1. The second-order valence-electron chi connectivity index (χ2n) is 6.35. The Kier molecular flexibility index (Phi) is 5.97. The number of esters is 1. The van der Waals surface area contributed by atoms with Gasteiger partial charge in [0.15, 0.2) is 6.61 Å². The number of hydrogen-bond acceptors (Lipinski definition) is 5. The number of benzene rings is 1. The number of ether oxygens (including phenoxy) is 1. The van der Waals surface area contributed by atoms with E-state index in [4.69, 9.17) is 4.74 Å². The number of imide groups is 1. The third-order valence-electron chi connectivity index (χ3n) is 4.30. The van der Waals surface area contributed by atoms with Crippen molar-refractivity contribution >= 4 is 23.8 Å². The highest BCUT2D eigenvalue weighted by molar-refractivity contribution is 6.08. The molecule has 140 valence electrons. The number of nitrogens with zero attached hydrogens (tertiary/aromatic N) is 1. The van der Waals surface area contributed by atoms with E-state index in [-0.39, 0.29) is 6.04 Å². The number of carbonyl (C=O) groups is 4. The summed E-state index contributed by atoms with van der Waals surface area (Å²) in [6, 6.07) is 8.05. The van der Waals surface area contributed by atoms with Gasteiger partial charge in [-0.05, 0) is 25.8 Å². The van der Waals surface area contributed by atoms with Crippen LogP contribution in [0.15, 0.2) is 30.3 Å². The number of amides is 4. The Hall–Kier alpha value is -2.90. The minimum absolute atomic E-state index is 0.0290. The van der Waals surface area contributed by atoms with Gasteiger partial charge in [-0.15, -0.1) is 0 Å². The van der Waals surface area contributed by atoms with Crippen LogP contribution >= 0.6 is 0 Å². The Morgan fingerprint density at radius 3 is 2.54 bits per heavy atom. The first kappa shape index (κ1) is 19.4. The second-order valence-corrected chi connectivity index (χ2v) is 6.35. The fourth-order valence-electron chi connectivity index (χ4n) is 2.55. The van der Waals surface area contributed by atoms with E-state index in [1.54, 1.807) is 37.3 Å². The summed E-state index contributed by atoms with van der Waals surface area (Å²) in [6.45, 7) is 4.32. The molecule has 0 aliphatic carbocycles. The van der Waals surface area contributed by atoms with E-state index in [9.17, 15) is 19.2 Å². The fraction of sp³-hybridized carbons (Fsp3) is 0.444. The van der Waals surface area contributed by atoms with Gasteiger partial charge in [-0.2, -0.15) is 0 Å². The molecule has 0 radical (unpaired) electrons. The van der Waals surface area contributed by atoms with Crippen LogP contribution in [0.2, 0.25) is 0 Å². The Bertz CT molecular complexity index is 706. The van der Waals surface area contributed by atoms with E-state index in [1.807, 2.05) is 13.8 Å². The molecule has 0 unspecified atom stereocenters. The highest BCUT2D eigenvalue weighted by Crippen LogP contribution is 2.28. The van der Waals surface area contributed by atoms with Gasteiger partial charge in [-0.3, -0.25) is 19.3 Å². The van der Waals surface area contributed by atoms with Crippen molar-refractivity contribution in [3.05, 3.63) is 35.9 Å². The molecule has 0 bridgehead atoms. The predicted octanol–water partition coefficient (Wildman–Crippen LogP) is 0.911. The van der Waals surface area contributed by atoms with Crippen LogP contribution in [0.4, 0.5) is 4.79 Å². The van der Waals surface area contributed by atoms with Gasteiger partial charge in [0.1, 0.15) is 12.1 Å². The van der Waals surface area contributed by atoms with E-state index in [1.165, 1.54) is 0 Å². The highest BCUT2D eigenvalue weighted by Gasteiger charge is 2.49. The van der Waals surface area contributed by atoms with E-state index in [2.05, 4.69) is 10.6 Å². The zero-order chi connectivity index (χ0) is 19.3. The fourth-order valence-corrected chi connectivity index (χ4v) is 2.55. The zero-order valence-electron chi connectivity index (χ0n) is 15.1. The van der Waals surface area contributed by atoms with Gasteiger partial charge >= 0.3 is 12.0 Å². The maximum absolute atomic E-state index is 12.7. The second kappa shape index (κ2) is 7.99. The number of hydrogen-bond donors (Lipinski definition) is 2. The third kappa shape index (κ3) is 4.19. The van der Waals surface area contributed by atoms with Crippen LogP contribution in [-0.4, -0.2) is 47.9 Å². The molecule has 2 atom stereocenters. The maximum atomic E-state index is 12.7. The van der Waals surface area contributed by atoms with Crippen molar-refractivity contribution in [3.8, 4) is 0 Å². The van der Waals surface area contributed by atoms with Crippen LogP contribution in [0, 0.1) is 0 Å². The predicted molar refractivity (Wildman–Crippen MR) is 92.9 cm³/mol. The molecule has 8 heteroatoms. The number of carbonyl (C=O) groups excluding carboxylic acids is 4. The molecule has 4 amide bonds. The molecule has 1 aromatic carbocycles. The summed E-state index contributed by atoms with van der Waals surface area (Å²) >= 11 is 0. The lowest BCUT2D eigenvalue weighted by Crippen LogP contribution is -2.42. The molecule has 1 aliphatic rings. The molecule has 8 nitrogen and oxygen atoms in total. The van der Waals surface area contributed by atoms with Crippen molar-refractivity contribution in [2.24, 2.45) is 0 Å².